The Labute approximate surface area is 161 Å². The number of aryl methyl sites for hydroxylation is 1. The summed E-state index contributed by atoms with van der Waals surface area (Å²) in [5.74, 6) is -2.56. The summed E-state index contributed by atoms with van der Waals surface area (Å²) in [6.45, 7) is 1.91. The number of carbonyl (C=O) groups is 3. The van der Waals surface area contributed by atoms with E-state index in [0.29, 0.717) is 17.2 Å². The Morgan fingerprint density at radius 2 is 1.57 bits per heavy atom. The van der Waals surface area contributed by atoms with Crippen LogP contribution in [0.1, 0.15) is 27.6 Å². The van der Waals surface area contributed by atoms with Crippen LogP contribution in [0.2, 0.25) is 0 Å². The lowest BCUT2D eigenvalue weighted by atomic mass is 9.94. The molecule has 0 amide bonds. The van der Waals surface area contributed by atoms with E-state index in [4.69, 9.17) is 9.84 Å². The molecule has 0 saturated heterocycles. The van der Waals surface area contributed by atoms with Gasteiger partial charge in [0.2, 0.25) is 5.78 Å². The van der Waals surface area contributed by atoms with Gasteiger partial charge in [-0.3, -0.25) is 4.79 Å². The van der Waals surface area contributed by atoms with Crippen LogP contribution in [0.3, 0.4) is 0 Å². The molecule has 3 aromatic rings. The van der Waals surface area contributed by atoms with Gasteiger partial charge in [-0.05, 0) is 17.7 Å². The second-order valence-electron chi connectivity index (χ2n) is 6.29. The van der Waals surface area contributed by atoms with Crippen LogP contribution < -0.4 is 0 Å². The highest BCUT2D eigenvalue weighted by molar-refractivity contribution is 6.04. The maximum absolute atomic E-state index is 13.2. The SMILES string of the molecule is Cc1ccc(C(=O)C(OC(=O)/C=C/C(=O)O)c2cccc3ccccc23)cc1. The Morgan fingerprint density at radius 3 is 2.29 bits per heavy atom. The van der Waals surface area contributed by atoms with E-state index >= 15 is 0 Å². The van der Waals surface area contributed by atoms with Gasteiger partial charge in [-0.15, -0.1) is 0 Å². The zero-order valence-corrected chi connectivity index (χ0v) is 15.2. The van der Waals surface area contributed by atoms with E-state index in [-0.39, 0.29) is 5.78 Å². The molecule has 1 atom stereocenters. The molecule has 0 heterocycles. The number of ketones is 1. The van der Waals surface area contributed by atoms with Crippen molar-refractivity contribution >= 4 is 28.5 Å². The first-order valence-corrected chi connectivity index (χ1v) is 8.66. The van der Waals surface area contributed by atoms with Crippen LogP contribution in [-0.4, -0.2) is 22.8 Å². The molecular formula is C23H18O5. The van der Waals surface area contributed by atoms with Crippen molar-refractivity contribution in [3.05, 3.63) is 95.6 Å². The standard InChI is InChI=1S/C23H18O5/c1-15-9-11-17(12-10-15)22(27)23(28-21(26)14-13-20(24)25)19-8-4-6-16-5-2-3-7-18(16)19/h2-14,23H,1H3,(H,24,25)/b14-13+. The van der Waals surface area contributed by atoms with E-state index < -0.39 is 18.0 Å². The largest absolute Gasteiger partial charge is 0.478 e. The van der Waals surface area contributed by atoms with E-state index in [1.807, 2.05) is 37.3 Å². The van der Waals surface area contributed by atoms with Crippen molar-refractivity contribution in [1.82, 2.24) is 0 Å². The van der Waals surface area contributed by atoms with Gasteiger partial charge in [0.05, 0.1) is 0 Å². The van der Waals surface area contributed by atoms with E-state index in [1.165, 1.54) is 0 Å². The van der Waals surface area contributed by atoms with Crippen molar-refractivity contribution in [1.29, 1.82) is 0 Å². The van der Waals surface area contributed by atoms with Gasteiger partial charge in [0.25, 0.3) is 0 Å². The molecule has 5 nitrogen and oxygen atoms in total. The highest BCUT2D eigenvalue weighted by Gasteiger charge is 2.27. The molecule has 140 valence electrons. The number of Topliss-reactive ketones (excluding diaryl/α,β-unsaturated/α-hetero) is 1. The fraction of sp³-hybridized carbons (Fsp3) is 0.0870. The number of rotatable bonds is 6. The van der Waals surface area contributed by atoms with Gasteiger partial charge in [0, 0.05) is 23.3 Å². The van der Waals surface area contributed by atoms with Crippen LogP contribution in [0.15, 0.2) is 78.9 Å². The molecule has 0 spiro atoms. The highest BCUT2D eigenvalue weighted by Crippen LogP contribution is 2.30. The Hall–Kier alpha value is -3.73. The van der Waals surface area contributed by atoms with Crippen molar-refractivity contribution in [3.63, 3.8) is 0 Å². The predicted octanol–water partition coefficient (Wildman–Crippen LogP) is 4.26. The van der Waals surface area contributed by atoms with Crippen LogP contribution in [-0.2, 0) is 14.3 Å². The van der Waals surface area contributed by atoms with Gasteiger partial charge in [-0.25, -0.2) is 9.59 Å². The molecular weight excluding hydrogens is 356 g/mol. The number of fused-ring (bicyclic) bond motifs is 1. The fourth-order valence-electron chi connectivity index (χ4n) is 2.90. The summed E-state index contributed by atoms with van der Waals surface area (Å²) < 4.78 is 5.40. The van der Waals surface area contributed by atoms with E-state index in [9.17, 15) is 14.4 Å². The summed E-state index contributed by atoms with van der Waals surface area (Å²) in [5, 5.41) is 10.4. The van der Waals surface area contributed by atoms with Gasteiger partial charge >= 0.3 is 11.9 Å². The third kappa shape index (κ3) is 4.32. The maximum atomic E-state index is 13.2. The molecule has 0 aromatic heterocycles. The maximum Gasteiger partial charge on any atom is 0.332 e. The minimum Gasteiger partial charge on any atom is -0.478 e. The van der Waals surface area contributed by atoms with E-state index in [0.717, 1.165) is 22.4 Å². The Kier molecular flexibility index (Phi) is 5.65. The summed E-state index contributed by atoms with van der Waals surface area (Å²) in [7, 11) is 0. The number of ether oxygens (including phenoxy) is 1. The topological polar surface area (TPSA) is 80.7 Å². The first-order valence-electron chi connectivity index (χ1n) is 8.66. The monoisotopic (exact) mass is 374 g/mol. The molecule has 0 fully saturated rings. The highest BCUT2D eigenvalue weighted by atomic mass is 16.5. The van der Waals surface area contributed by atoms with Crippen LogP contribution in [0.25, 0.3) is 10.8 Å². The van der Waals surface area contributed by atoms with Crippen LogP contribution in [0, 0.1) is 6.92 Å². The molecule has 1 unspecified atom stereocenters. The lowest BCUT2D eigenvalue weighted by Gasteiger charge is -2.18. The van der Waals surface area contributed by atoms with Gasteiger partial charge in [-0.2, -0.15) is 0 Å². The molecule has 0 radical (unpaired) electrons. The summed E-state index contributed by atoms with van der Waals surface area (Å²) >= 11 is 0. The fourth-order valence-corrected chi connectivity index (χ4v) is 2.90. The van der Waals surface area contributed by atoms with Crippen molar-refractivity contribution < 1.29 is 24.2 Å². The van der Waals surface area contributed by atoms with Crippen molar-refractivity contribution in [2.75, 3.05) is 0 Å². The third-order valence-corrected chi connectivity index (χ3v) is 4.28. The number of aliphatic carboxylic acids is 1. The number of hydrogen-bond acceptors (Lipinski definition) is 4. The van der Waals surface area contributed by atoms with Gasteiger partial charge < -0.3 is 9.84 Å². The average Bonchev–Trinajstić information content (AvgIpc) is 2.70. The molecule has 3 aromatic carbocycles. The molecule has 0 bridgehead atoms. The first-order chi connectivity index (χ1) is 13.5. The number of carbonyl (C=O) groups excluding carboxylic acids is 2. The minimum absolute atomic E-state index is 0.381. The average molecular weight is 374 g/mol. The van der Waals surface area contributed by atoms with E-state index in [1.54, 1.807) is 36.4 Å². The first kappa shape index (κ1) is 19.0. The smallest absolute Gasteiger partial charge is 0.332 e. The molecule has 0 saturated carbocycles. The summed E-state index contributed by atoms with van der Waals surface area (Å²) in [6.07, 6.45) is 0.279. The number of carboxylic acid groups (broad SMARTS) is 1. The van der Waals surface area contributed by atoms with E-state index in [2.05, 4.69) is 0 Å². The third-order valence-electron chi connectivity index (χ3n) is 4.28. The molecule has 0 aliphatic rings. The van der Waals surface area contributed by atoms with Gasteiger partial charge in [-0.1, -0.05) is 72.3 Å². The van der Waals surface area contributed by atoms with Crippen LogP contribution >= 0.6 is 0 Å². The number of benzene rings is 3. The summed E-state index contributed by atoms with van der Waals surface area (Å²) in [5.41, 5.74) is 1.94. The Balaban J connectivity index is 2.05. The van der Waals surface area contributed by atoms with Crippen LogP contribution in [0.4, 0.5) is 0 Å². The van der Waals surface area contributed by atoms with Crippen molar-refractivity contribution in [3.8, 4) is 0 Å². The molecule has 28 heavy (non-hydrogen) atoms. The zero-order chi connectivity index (χ0) is 20.1. The normalized spacial score (nSPS) is 12.0. The lowest BCUT2D eigenvalue weighted by Crippen LogP contribution is -2.20. The summed E-state index contributed by atoms with van der Waals surface area (Å²) in [6, 6.07) is 19.8. The second kappa shape index (κ2) is 8.31. The minimum atomic E-state index is -1.27. The molecule has 0 aliphatic carbocycles. The second-order valence-corrected chi connectivity index (χ2v) is 6.29. The predicted molar refractivity (Wildman–Crippen MR) is 105 cm³/mol. The van der Waals surface area contributed by atoms with Gasteiger partial charge in [0.1, 0.15) is 0 Å². The van der Waals surface area contributed by atoms with Crippen molar-refractivity contribution in [2.24, 2.45) is 0 Å². The Morgan fingerprint density at radius 1 is 0.893 bits per heavy atom. The lowest BCUT2D eigenvalue weighted by molar-refractivity contribution is -0.142. The number of esters is 1. The Bertz CT molecular complexity index is 1060. The quantitative estimate of drug-likeness (QED) is 0.396. The van der Waals surface area contributed by atoms with Gasteiger partial charge in [0.15, 0.2) is 6.10 Å². The van der Waals surface area contributed by atoms with Crippen LogP contribution in [0.5, 0.6) is 0 Å². The summed E-state index contributed by atoms with van der Waals surface area (Å²) in [4.78, 5) is 35.9. The molecule has 1 N–H and O–H groups in total. The zero-order valence-electron chi connectivity index (χ0n) is 15.2. The van der Waals surface area contributed by atoms with Crippen molar-refractivity contribution in [2.45, 2.75) is 13.0 Å². The number of carboxylic acids is 1. The molecule has 5 heteroatoms. The number of hydrogen-bond donors (Lipinski definition) is 1. The molecule has 0 aliphatic heterocycles. The molecule has 3 rings (SSSR count).